The van der Waals surface area contributed by atoms with Crippen LogP contribution in [0.25, 0.3) is 0 Å². The number of ether oxygens (including phenoxy) is 3. The first-order valence-electron chi connectivity index (χ1n) is 7.37. The van der Waals surface area contributed by atoms with Crippen molar-refractivity contribution in [3.8, 4) is 0 Å². The lowest BCUT2D eigenvalue weighted by molar-refractivity contribution is -0.0767. The van der Waals surface area contributed by atoms with Crippen LogP contribution in [0.4, 0.5) is 4.79 Å². The Kier molecular flexibility index (Phi) is 8.58. The van der Waals surface area contributed by atoms with Gasteiger partial charge in [-0.3, -0.25) is 5.32 Å². The molecule has 0 saturated carbocycles. The van der Waals surface area contributed by atoms with Crippen LogP contribution in [0.1, 0.15) is 58.3 Å². The van der Waals surface area contributed by atoms with Crippen molar-refractivity contribution in [3.63, 3.8) is 0 Å². The normalized spacial score (nSPS) is 22.4. The molecular weight excluding hydrogens is 246 g/mol. The second-order valence-corrected chi connectivity index (χ2v) is 4.97. The molecule has 5 heteroatoms. The number of hydrogen-bond acceptors (Lipinski definition) is 4. The summed E-state index contributed by atoms with van der Waals surface area (Å²) in [5.74, 6) is 0. The van der Waals surface area contributed by atoms with Crippen LogP contribution in [-0.2, 0) is 14.2 Å². The van der Waals surface area contributed by atoms with E-state index in [1.54, 1.807) is 0 Å². The number of carbonyl (C=O) groups excluding carboxylic acids is 1. The number of hydrogen-bond donors (Lipinski definition) is 1. The summed E-state index contributed by atoms with van der Waals surface area (Å²) >= 11 is 0. The monoisotopic (exact) mass is 273 g/mol. The van der Waals surface area contributed by atoms with E-state index < -0.39 is 12.5 Å². The van der Waals surface area contributed by atoms with Crippen LogP contribution in [-0.4, -0.2) is 32.3 Å². The number of nitrogens with one attached hydrogen (secondary N) is 1. The first-order chi connectivity index (χ1) is 9.26. The van der Waals surface area contributed by atoms with Crippen molar-refractivity contribution in [2.75, 3.05) is 13.7 Å². The molecule has 0 unspecified atom stereocenters. The smallest absolute Gasteiger partial charge is 0.410 e. The average Bonchev–Trinajstić information content (AvgIpc) is 2.85. The summed E-state index contributed by atoms with van der Waals surface area (Å²) in [5, 5.41) is 2.48. The van der Waals surface area contributed by atoms with Crippen molar-refractivity contribution >= 4 is 6.09 Å². The van der Waals surface area contributed by atoms with E-state index in [9.17, 15) is 4.79 Å². The molecule has 0 bridgehead atoms. The average molecular weight is 273 g/mol. The van der Waals surface area contributed by atoms with E-state index in [2.05, 4.69) is 17.0 Å². The molecule has 2 atom stereocenters. The fourth-order valence-electron chi connectivity index (χ4n) is 2.16. The third-order valence-electron chi connectivity index (χ3n) is 3.30. The van der Waals surface area contributed by atoms with Crippen molar-refractivity contribution < 1.29 is 19.0 Å². The van der Waals surface area contributed by atoms with Crippen LogP contribution in [0.2, 0.25) is 0 Å². The third-order valence-corrected chi connectivity index (χ3v) is 3.30. The SMILES string of the molecule is CCCCCCCCC[C@H]1CO[C@@H](NC(=O)OC)O1. The van der Waals surface area contributed by atoms with Gasteiger partial charge in [0.25, 0.3) is 0 Å². The van der Waals surface area contributed by atoms with Gasteiger partial charge >= 0.3 is 6.09 Å². The predicted molar refractivity (Wildman–Crippen MR) is 72.8 cm³/mol. The highest BCUT2D eigenvalue weighted by Gasteiger charge is 2.26. The van der Waals surface area contributed by atoms with Gasteiger partial charge in [-0.2, -0.15) is 0 Å². The van der Waals surface area contributed by atoms with Gasteiger partial charge in [-0.15, -0.1) is 0 Å². The van der Waals surface area contributed by atoms with Crippen LogP contribution in [0.15, 0.2) is 0 Å². The minimum Gasteiger partial charge on any atom is -0.453 e. The summed E-state index contributed by atoms with van der Waals surface area (Å²) in [6.45, 7) is 2.78. The summed E-state index contributed by atoms with van der Waals surface area (Å²) < 4.78 is 15.3. The quantitative estimate of drug-likeness (QED) is 0.655. The van der Waals surface area contributed by atoms with Crippen LogP contribution >= 0.6 is 0 Å². The van der Waals surface area contributed by atoms with Gasteiger partial charge in [-0.05, 0) is 6.42 Å². The van der Waals surface area contributed by atoms with Crippen LogP contribution in [0.3, 0.4) is 0 Å². The molecule has 1 fully saturated rings. The Morgan fingerprint density at radius 2 is 1.89 bits per heavy atom. The Morgan fingerprint density at radius 3 is 2.58 bits per heavy atom. The zero-order valence-corrected chi connectivity index (χ0v) is 12.2. The molecule has 5 nitrogen and oxygen atoms in total. The lowest BCUT2D eigenvalue weighted by Crippen LogP contribution is -2.35. The summed E-state index contributed by atoms with van der Waals surface area (Å²) in [6, 6.07) is 0. The zero-order valence-electron chi connectivity index (χ0n) is 12.2. The Balaban J connectivity index is 1.95. The Labute approximate surface area is 116 Å². The van der Waals surface area contributed by atoms with E-state index in [0.29, 0.717) is 6.61 Å². The maximum Gasteiger partial charge on any atom is 0.410 e. The minimum absolute atomic E-state index is 0.0952. The molecular formula is C14H27NO4. The summed E-state index contributed by atoms with van der Waals surface area (Å²) in [4.78, 5) is 11.0. The molecule has 0 spiro atoms. The molecule has 112 valence electrons. The van der Waals surface area contributed by atoms with Gasteiger partial charge in [0.05, 0.1) is 19.8 Å². The van der Waals surface area contributed by atoms with Crippen molar-refractivity contribution in [1.29, 1.82) is 0 Å². The van der Waals surface area contributed by atoms with Gasteiger partial charge in [0, 0.05) is 0 Å². The number of methoxy groups -OCH3 is 1. The first kappa shape index (κ1) is 16.2. The molecule has 0 aliphatic carbocycles. The second-order valence-electron chi connectivity index (χ2n) is 4.97. The molecule has 1 heterocycles. The molecule has 1 aliphatic heterocycles. The van der Waals surface area contributed by atoms with Gasteiger partial charge in [-0.25, -0.2) is 4.79 Å². The van der Waals surface area contributed by atoms with Gasteiger partial charge < -0.3 is 14.2 Å². The standard InChI is InChI=1S/C14H27NO4/c1-3-4-5-6-7-8-9-10-12-11-18-14(19-12)15-13(16)17-2/h12,14H,3-11H2,1-2H3,(H,15,16)/t12-,14+/m0/s1. The molecule has 1 N–H and O–H groups in total. The highest BCUT2D eigenvalue weighted by Crippen LogP contribution is 2.17. The van der Waals surface area contributed by atoms with Crippen LogP contribution in [0, 0.1) is 0 Å². The van der Waals surface area contributed by atoms with Crippen molar-refractivity contribution in [2.24, 2.45) is 0 Å². The Morgan fingerprint density at radius 1 is 1.21 bits per heavy atom. The van der Waals surface area contributed by atoms with Crippen LogP contribution < -0.4 is 5.32 Å². The fraction of sp³-hybridized carbons (Fsp3) is 0.929. The Bertz CT molecular complexity index is 248. The predicted octanol–water partition coefficient (Wildman–Crippen LogP) is 3.18. The molecule has 1 amide bonds. The largest absolute Gasteiger partial charge is 0.453 e. The van der Waals surface area contributed by atoms with Gasteiger partial charge in [0.1, 0.15) is 0 Å². The summed E-state index contributed by atoms with van der Waals surface area (Å²) in [6.07, 6.45) is 8.95. The highest BCUT2D eigenvalue weighted by molar-refractivity contribution is 5.66. The van der Waals surface area contributed by atoms with Gasteiger partial charge in [0.15, 0.2) is 0 Å². The number of amides is 1. The molecule has 1 rings (SSSR count). The van der Waals surface area contributed by atoms with Crippen LogP contribution in [0.5, 0.6) is 0 Å². The maximum absolute atomic E-state index is 11.0. The second kappa shape index (κ2) is 10.0. The topological polar surface area (TPSA) is 56.8 Å². The molecule has 0 aromatic carbocycles. The molecule has 0 aromatic rings. The van der Waals surface area contributed by atoms with E-state index in [1.165, 1.54) is 45.6 Å². The van der Waals surface area contributed by atoms with E-state index in [4.69, 9.17) is 9.47 Å². The number of rotatable bonds is 9. The number of carbonyl (C=O) groups is 1. The molecule has 0 radical (unpaired) electrons. The minimum atomic E-state index is -0.651. The Hall–Kier alpha value is -0.810. The van der Waals surface area contributed by atoms with Crippen molar-refractivity contribution in [3.05, 3.63) is 0 Å². The zero-order chi connectivity index (χ0) is 13.9. The maximum atomic E-state index is 11.0. The van der Waals surface area contributed by atoms with E-state index in [-0.39, 0.29) is 6.10 Å². The first-order valence-corrected chi connectivity index (χ1v) is 7.37. The molecule has 1 saturated heterocycles. The van der Waals surface area contributed by atoms with Crippen molar-refractivity contribution in [1.82, 2.24) is 5.32 Å². The highest BCUT2D eigenvalue weighted by atomic mass is 16.7. The van der Waals surface area contributed by atoms with Gasteiger partial charge in [0.2, 0.25) is 6.41 Å². The molecule has 19 heavy (non-hydrogen) atoms. The summed E-state index contributed by atoms with van der Waals surface area (Å²) in [5.41, 5.74) is 0. The van der Waals surface area contributed by atoms with E-state index in [0.717, 1.165) is 12.8 Å². The lowest BCUT2D eigenvalue weighted by Gasteiger charge is -2.11. The van der Waals surface area contributed by atoms with E-state index in [1.807, 2.05) is 0 Å². The fourth-order valence-corrected chi connectivity index (χ4v) is 2.16. The summed E-state index contributed by atoms with van der Waals surface area (Å²) in [7, 11) is 1.32. The number of unbranched alkanes of at least 4 members (excludes halogenated alkanes) is 6. The lowest BCUT2D eigenvalue weighted by atomic mass is 10.1. The molecule has 1 aliphatic rings. The van der Waals surface area contributed by atoms with Crippen molar-refractivity contribution in [2.45, 2.75) is 70.8 Å². The third kappa shape index (κ3) is 7.38. The molecule has 0 aromatic heterocycles. The van der Waals surface area contributed by atoms with Gasteiger partial charge in [-0.1, -0.05) is 51.9 Å². The number of alkyl carbamates (subject to hydrolysis) is 1. The van der Waals surface area contributed by atoms with E-state index >= 15 is 0 Å².